The maximum atomic E-state index is 12.6. The number of halogens is 2. The Morgan fingerprint density at radius 2 is 1.47 bits per heavy atom. The van der Waals surface area contributed by atoms with Gasteiger partial charge in [0.2, 0.25) is 10.0 Å². The Hall–Kier alpha value is -3.50. The minimum Gasteiger partial charge on any atom is -0.309 e. The van der Waals surface area contributed by atoms with E-state index < -0.39 is 10.0 Å². The van der Waals surface area contributed by atoms with E-state index in [1.165, 1.54) is 35.8 Å². The number of sulfonamides is 1. The normalized spacial score (nSPS) is 16.0. The van der Waals surface area contributed by atoms with Crippen molar-refractivity contribution >= 4 is 33.2 Å². The maximum absolute atomic E-state index is 12.6. The second-order valence-electron chi connectivity index (χ2n) is 13.8. The molecule has 5 aromatic rings. The second kappa shape index (κ2) is 16.0. The number of hydrogen-bond donors (Lipinski definition) is 1. The van der Waals surface area contributed by atoms with Crippen LogP contribution in [-0.2, 0) is 42.6 Å². The number of rotatable bonds is 12. The quantitative estimate of drug-likeness (QED) is 0.139. The fourth-order valence-corrected chi connectivity index (χ4v) is 8.61. The lowest BCUT2D eigenvalue weighted by atomic mass is 9.89. The van der Waals surface area contributed by atoms with Crippen LogP contribution in [-0.4, -0.2) is 59.8 Å². The molecule has 1 N–H and O–H groups in total. The van der Waals surface area contributed by atoms with Gasteiger partial charge >= 0.3 is 0 Å². The fraction of sp³-hybridized carbons (Fsp3) is 0.341. The summed E-state index contributed by atoms with van der Waals surface area (Å²) in [6, 6.07) is 33.2. The Kier molecular flexibility index (Phi) is 11.3. The Morgan fingerprint density at radius 3 is 2.16 bits per heavy atom. The molecule has 0 aliphatic carbocycles. The standard InChI is InChI=1S/C41H45Cl2N5O2S/c1-51(49,50)47-25-20-40-38(29-47)41(45-48(40)22-5-21-46-23-18-33(19-24-46)32-6-3-2-4-7-32)35-14-17-39(43)37(26-35)34-12-8-30(9-13-34)27-44-28-31-10-15-36(42)16-11-31/h2-4,6-17,26,33,44H,5,18-25,27-29H2,1H3. The molecule has 0 saturated carbocycles. The van der Waals surface area contributed by atoms with E-state index in [0.29, 0.717) is 30.5 Å². The van der Waals surface area contributed by atoms with E-state index in [2.05, 4.69) is 75.6 Å². The van der Waals surface area contributed by atoms with E-state index in [1.807, 2.05) is 36.4 Å². The number of aromatic nitrogens is 2. The lowest BCUT2D eigenvalue weighted by Crippen LogP contribution is -2.36. The largest absolute Gasteiger partial charge is 0.309 e. The van der Waals surface area contributed by atoms with E-state index in [9.17, 15) is 8.42 Å². The summed E-state index contributed by atoms with van der Waals surface area (Å²) >= 11 is 12.8. The topological polar surface area (TPSA) is 70.5 Å². The van der Waals surface area contributed by atoms with Crippen molar-refractivity contribution in [2.45, 2.75) is 57.8 Å². The number of benzene rings is 4. The molecule has 0 atom stereocenters. The molecule has 0 unspecified atom stereocenters. The summed E-state index contributed by atoms with van der Waals surface area (Å²) in [5, 5.41) is 10.1. The summed E-state index contributed by atoms with van der Waals surface area (Å²) in [5.74, 6) is 0.644. The van der Waals surface area contributed by atoms with Crippen LogP contribution in [0.15, 0.2) is 97.1 Å². The van der Waals surface area contributed by atoms with Gasteiger partial charge in [-0.3, -0.25) is 4.68 Å². The molecule has 2 aliphatic heterocycles. The molecule has 0 radical (unpaired) electrons. The Morgan fingerprint density at radius 1 is 0.804 bits per heavy atom. The van der Waals surface area contributed by atoms with Crippen LogP contribution in [0.3, 0.4) is 0 Å². The SMILES string of the molecule is CS(=O)(=O)N1CCc2c(c(-c3ccc(Cl)c(-c4ccc(CNCc5ccc(Cl)cc5)cc4)c3)nn2CCCN2CCC(c3ccccc3)CC2)C1. The van der Waals surface area contributed by atoms with Gasteiger partial charge in [0, 0.05) is 71.6 Å². The highest BCUT2D eigenvalue weighted by molar-refractivity contribution is 7.88. The zero-order valence-electron chi connectivity index (χ0n) is 29.1. The highest BCUT2D eigenvalue weighted by Gasteiger charge is 2.30. The lowest BCUT2D eigenvalue weighted by molar-refractivity contribution is 0.206. The average Bonchev–Trinajstić information content (AvgIpc) is 3.51. The molecular formula is C41H45Cl2N5O2S. The third kappa shape index (κ3) is 8.76. The minimum absolute atomic E-state index is 0.326. The van der Waals surface area contributed by atoms with Crippen molar-refractivity contribution in [3.05, 3.63) is 135 Å². The summed E-state index contributed by atoms with van der Waals surface area (Å²) in [6.45, 7) is 6.34. The summed E-state index contributed by atoms with van der Waals surface area (Å²) in [4.78, 5) is 2.58. The van der Waals surface area contributed by atoms with Crippen LogP contribution < -0.4 is 5.32 Å². The molecule has 1 fully saturated rings. The molecule has 10 heteroatoms. The molecule has 3 heterocycles. The van der Waals surface area contributed by atoms with Crippen molar-refractivity contribution in [3.8, 4) is 22.4 Å². The van der Waals surface area contributed by atoms with Crippen LogP contribution in [0.5, 0.6) is 0 Å². The van der Waals surface area contributed by atoms with Crippen LogP contribution in [0, 0.1) is 0 Å². The van der Waals surface area contributed by atoms with Crippen molar-refractivity contribution in [1.82, 2.24) is 24.3 Å². The van der Waals surface area contributed by atoms with E-state index in [0.717, 1.165) is 84.4 Å². The highest BCUT2D eigenvalue weighted by atomic mass is 35.5. The van der Waals surface area contributed by atoms with Gasteiger partial charge in [-0.05, 0) is 91.3 Å². The number of fused-ring (bicyclic) bond motifs is 1. The first-order chi connectivity index (χ1) is 24.7. The van der Waals surface area contributed by atoms with Crippen molar-refractivity contribution in [2.75, 3.05) is 32.4 Å². The predicted octanol–water partition coefficient (Wildman–Crippen LogP) is 8.40. The molecule has 4 aromatic carbocycles. The Balaban J connectivity index is 1.05. The molecule has 0 bridgehead atoms. The molecule has 0 spiro atoms. The summed E-state index contributed by atoms with van der Waals surface area (Å²) in [5.41, 5.74) is 9.66. The third-order valence-corrected chi connectivity index (χ3v) is 12.2. The molecule has 2 aliphatic rings. The van der Waals surface area contributed by atoms with Crippen LogP contribution in [0.25, 0.3) is 22.4 Å². The first-order valence-electron chi connectivity index (χ1n) is 17.9. The molecule has 51 heavy (non-hydrogen) atoms. The Labute approximate surface area is 312 Å². The molecule has 1 aromatic heterocycles. The fourth-order valence-electron chi connectivity index (χ4n) is 7.47. The van der Waals surface area contributed by atoms with Gasteiger partial charge in [-0.1, -0.05) is 96.0 Å². The molecule has 0 amide bonds. The van der Waals surface area contributed by atoms with E-state index in [-0.39, 0.29) is 0 Å². The summed E-state index contributed by atoms with van der Waals surface area (Å²) in [6.07, 6.45) is 5.31. The van der Waals surface area contributed by atoms with E-state index >= 15 is 0 Å². The molecular weight excluding hydrogens is 697 g/mol. The smallest absolute Gasteiger partial charge is 0.211 e. The summed E-state index contributed by atoms with van der Waals surface area (Å²) < 4.78 is 29.0. The number of nitrogens with one attached hydrogen (secondary N) is 1. The molecule has 7 rings (SSSR count). The van der Waals surface area contributed by atoms with Crippen molar-refractivity contribution in [1.29, 1.82) is 0 Å². The van der Waals surface area contributed by atoms with Crippen LogP contribution in [0.2, 0.25) is 10.0 Å². The first kappa shape index (κ1) is 35.9. The number of piperidine rings is 1. The van der Waals surface area contributed by atoms with Crippen LogP contribution in [0.4, 0.5) is 0 Å². The van der Waals surface area contributed by atoms with Gasteiger partial charge in [0.25, 0.3) is 0 Å². The van der Waals surface area contributed by atoms with E-state index in [4.69, 9.17) is 28.3 Å². The van der Waals surface area contributed by atoms with Gasteiger partial charge < -0.3 is 10.2 Å². The van der Waals surface area contributed by atoms with Crippen LogP contribution in [0.1, 0.15) is 53.1 Å². The van der Waals surface area contributed by atoms with Gasteiger partial charge in [0.1, 0.15) is 0 Å². The van der Waals surface area contributed by atoms with Crippen molar-refractivity contribution in [2.24, 2.45) is 0 Å². The number of nitrogens with zero attached hydrogens (tertiary/aromatic N) is 4. The Bertz CT molecular complexity index is 2040. The number of aryl methyl sites for hydroxylation is 1. The van der Waals surface area contributed by atoms with Gasteiger partial charge in [-0.15, -0.1) is 0 Å². The van der Waals surface area contributed by atoms with Gasteiger partial charge in [-0.2, -0.15) is 9.40 Å². The molecule has 1 saturated heterocycles. The maximum Gasteiger partial charge on any atom is 0.211 e. The average molecular weight is 743 g/mol. The van der Waals surface area contributed by atoms with Crippen molar-refractivity contribution in [3.63, 3.8) is 0 Å². The monoisotopic (exact) mass is 741 g/mol. The second-order valence-corrected chi connectivity index (χ2v) is 16.7. The van der Waals surface area contributed by atoms with Gasteiger partial charge in [-0.25, -0.2) is 8.42 Å². The zero-order valence-corrected chi connectivity index (χ0v) is 31.4. The minimum atomic E-state index is -3.34. The molecule has 266 valence electrons. The molecule has 7 nitrogen and oxygen atoms in total. The van der Waals surface area contributed by atoms with Gasteiger partial charge in [0.05, 0.1) is 11.9 Å². The third-order valence-electron chi connectivity index (χ3n) is 10.3. The first-order valence-corrected chi connectivity index (χ1v) is 20.5. The predicted molar refractivity (Wildman–Crippen MR) is 209 cm³/mol. The van der Waals surface area contributed by atoms with E-state index in [1.54, 1.807) is 4.31 Å². The number of likely N-dealkylation sites (tertiary alicyclic amines) is 1. The van der Waals surface area contributed by atoms with Crippen LogP contribution >= 0.6 is 23.2 Å². The number of hydrogen-bond acceptors (Lipinski definition) is 5. The lowest BCUT2D eigenvalue weighted by Gasteiger charge is -2.32. The zero-order chi connectivity index (χ0) is 35.4. The van der Waals surface area contributed by atoms with Crippen molar-refractivity contribution < 1.29 is 8.42 Å². The summed E-state index contributed by atoms with van der Waals surface area (Å²) in [7, 11) is -3.34. The highest BCUT2D eigenvalue weighted by Crippen LogP contribution is 2.36. The van der Waals surface area contributed by atoms with Gasteiger partial charge in [0.15, 0.2) is 0 Å².